The summed E-state index contributed by atoms with van der Waals surface area (Å²) in [7, 11) is 0. The number of nitrogens with zero attached hydrogens (tertiary/aromatic N) is 3. The van der Waals surface area contributed by atoms with E-state index in [2.05, 4.69) is 17.0 Å². The first-order valence-corrected chi connectivity index (χ1v) is 6.51. The summed E-state index contributed by atoms with van der Waals surface area (Å²) in [6.45, 7) is 2.15. The van der Waals surface area contributed by atoms with Gasteiger partial charge in [-0.1, -0.05) is 11.6 Å². The zero-order valence-corrected chi connectivity index (χ0v) is 10.9. The third-order valence-electron chi connectivity index (χ3n) is 3.40. The van der Waals surface area contributed by atoms with Crippen molar-refractivity contribution in [3.05, 3.63) is 35.1 Å². The molecule has 5 heteroatoms. The fourth-order valence-corrected chi connectivity index (χ4v) is 2.43. The lowest BCUT2D eigenvalue weighted by Gasteiger charge is -2.23. The highest BCUT2D eigenvalue weighted by molar-refractivity contribution is 6.30. The smallest absolute Gasteiger partial charge is 0.181 e. The molecule has 3 rings (SSSR count). The molecule has 2 atom stereocenters. The summed E-state index contributed by atoms with van der Waals surface area (Å²) in [5.41, 5.74) is 7.05. The van der Waals surface area contributed by atoms with Gasteiger partial charge in [0.25, 0.3) is 0 Å². The molecule has 0 aliphatic carbocycles. The van der Waals surface area contributed by atoms with E-state index in [0.29, 0.717) is 11.1 Å². The van der Waals surface area contributed by atoms with Gasteiger partial charge in [0.2, 0.25) is 0 Å². The molecule has 4 nitrogen and oxygen atoms in total. The maximum atomic E-state index is 6.08. The van der Waals surface area contributed by atoms with Crippen molar-refractivity contribution in [3.63, 3.8) is 0 Å². The van der Waals surface area contributed by atoms with E-state index < -0.39 is 0 Å². The van der Waals surface area contributed by atoms with Crippen molar-refractivity contribution in [2.24, 2.45) is 5.73 Å². The Morgan fingerprint density at radius 1 is 1.28 bits per heavy atom. The molecular formula is C13H15ClN4. The van der Waals surface area contributed by atoms with Gasteiger partial charge >= 0.3 is 0 Å². The van der Waals surface area contributed by atoms with Crippen LogP contribution >= 0.6 is 11.6 Å². The number of hydrogen-bond donors (Lipinski definition) is 1. The van der Waals surface area contributed by atoms with Crippen LogP contribution in [0, 0.1) is 0 Å². The van der Waals surface area contributed by atoms with E-state index in [0.717, 1.165) is 30.1 Å². The monoisotopic (exact) mass is 262 g/mol. The molecule has 2 aromatic rings. The van der Waals surface area contributed by atoms with Crippen molar-refractivity contribution >= 4 is 11.6 Å². The quantitative estimate of drug-likeness (QED) is 0.860. The summed E-state index contributed by atoms with van der Waals surface area (Å²) in [5.74, 6) is 1.62. The minimum absolute atomic E-state index is 0.00486. The van der Waals surface area contributed by atoms with E-state index in [1.807, 2.05) is 28.9 Å². The molecule has 1 aliphatic heterocycles. The van der Waals surface area contributed by atoms with Crippen LogP contribution in [0.5, 0.6) is 0 Å². The van der Waals surface area contributed by atoms with Gasteiger partial charge in [-0.15, -0.1) is 0 Å². The molecular weight excluding hydrogens is 248 g/mol. The van der Waals surface area contributed by atoms with E-state index in [1.54, 1.807) is 0 Å². The average Bonchev–Trinajstić information content (AvgIpc) is 2.81. The van der Waals surface area contributed by atoms with E-state index >= 15 is 0 Å². The van der Waals surface area contributed by atoms with Gasteiger partial charge in [-0.2, -0.15) is 5.10 Å². The summed E-state index contributed by atoms with van der Waals surface area (Å²) in [6.07, 6.45) is 2.03. The highest BCUT2D eigenvalue weighted by atomic mass is 35.5. The summed E-state index contributed by atoms with van der Waals surface area (Å²) in [5, 5.41) is 5.28. The molecule has 1 aromatic heterocycles. The molecule has 0 saturated carbocycles. The summed E-state index contributed by atoms with van der Waals surface area (Å²) in [6, 6.07) is 7.92. The predicted molar refractivity (Wildman–Crippen MR) is 71.3 cm³/mol. The van der Waals surface area contributed by atoms with Crippen molar-refractivity contribution in [3.8, 4) is 11.4 Å². The van der Waals surface area contributed by atoms with Crippen LogP contribution in [0.15, 0.2) is 24.3 Å². The maximum Gasteiger partial charge on any atom is 0.181 e. The number of aromatic nitrogens is 3. The fourth-order valence-electron chi connectivity index (χ4n) is 2.31. The minimum atomic E-state index is -0.00486. The lowest BCUT2D eigenvalue weighted by atomic mass is 10.0. The van der Waals surface area contributed by atoms with Crippen molar-refractivity contribution in [1.82, 2.24) is 14.8 Å². The van der Waals surface area contributed by atoms with Gasteiger partial charge in [0.05, 0.1) is 12.1 Å². The second-order valence-electron chi connectivity index (χ2n) is 4.78. The third-order valence-corrected chi connectivity index (χ3v) is 3.66. The van der Waals surface area contributed by atoms with E-state index in [9.17, 15) is 0 Å². The van der Waals surface area contributed by atoms with Gasteiger partial charge in [0.1, 0.15) is 5.82 Å². The average molecular weight is 263 g/mol. The van der Waals surface area contributed by atoms with Gasteiger partial charge in [-0.05, 0) is 44.0 Å². The number of hydrogen-bond acceptors (Lipinski definition) is 3. The molecule has 0 radical (unpaired) electrons. The SMILES string of the molecule is CC1CCC(N)c2nc(-c3ccc(Cl)cc3)nn21. The van der Waals surface area contributed by atoms with Crippen LogP contribution in [0.4, 0.5) is 0 Å². The second kappa shape index (κ2) is 4.37. The van der Waals surface area contributed by atoms with Crippen molar-refractivity contribution in [2.45, 2.75) is 31.8 Å². The van der Waals surface area contributed by atoms with Gasteiger partial charge in [0, 0.05) is 10.6 Å². The zero-order chi connectivity index (χ0) is 12.7. The van der Waals surface area contributed by atoms with Crippen LogP contribution in [-0.2, 0) is 0 Å². The largest absolute Gasteiger partial charge is 0.321 e. The zero-order valence-electron chi connectivity index (χ0n) is 10.2. The van der Waals surface area contributed by atoms with E-state index in [1.165, 1.54) is 0 Å². The Kier molecular flexibility index (Phi) is 2.84. The number of halogens is 1. The number of benzene rings is 1. The normalized spacial score (nSPS) is 22.8. The topological polar surface area (TPSA) is 56.7 Å². The second-order valence-corrected chi connectivity index (χ2v) is 5.21. The maximum absolute atomic E-state index is 6.08. The molecule has 0 amide bonds. The first kappa shape index (κ1) is 11.7. The van der Waals surface area contributed by atoms with Crippen molar-refractivity contribution in [1.29, 1.82) is 0 Å². The molecule has 18 heavy (non-hydrogen) atoms. The minimum Gasteiger partial charge on any atom is -0.321 e. The van der Waals surface area contributed by atoms with Crippen LogP contribution in [0.1, 0.15) is 37.7 Å². The first-order chi connectivity index (χ1) is 8.65. The Morgan fingerprint density at radius 3 is 2.67 bits per heavy atom. The molecule has 0 saturated heterocycles. The molecule has 0 fully saturated rings. The van der Waals surface area contributed by atoms with Crippen LogP contribution < -0.4 is 5.73 Å². The van der Waals surface area contributed by atoms with Gasteiger partial charge in [-0.3, -0.25) is 0 Å². The van der Waals surface area contributed by atoms with Crippen LogP contribution in [0.3, 0.4) is 0 Å². The van der Waals surface area contributed by atoms with Crippen LogP contribution in [0.2, 0.25) is 5.02 Å². The highest BCUT2D eigenvalue weighted by Gasteiger charge is 2.25. The summed E-state index contributed by atoms with van der Waals surface area (Å²) in [4.78, 5) is 4.57. The summed E-state index contributed by atoms with van der Waals surface area (Å²) >= 11 is 5.88. The van der Waals surface area contributed by atoms with E-state index in [4.69, 9.17) is 17.3 Å². The molecule has 0 spiro atoms. The standard InChI is InChI=1S/C13H15ClN4/c1-8-2-7-11(15)13-16-12(17-18(8)13)9-3-5-10(14)6-4-9/h3-6,8,11H,2,7,15H2,1H3. The number of nitrogens with two attached hydrogens (primary N) is 1. The third kappa shape index (κ3) is 1.91. The Hall–Kier alpha value is -1.39. The molecule has 1 aliphatic rings. The van der Waals surface area contributed by atoms with Gasteiger partial charge in [-0.25, -0.2) is 9.67 Å². The van der Waals surface area contributed by atoms with Crippen molar-refractivity contribution in [2.75, 3.05) is 0 Å². The Balaban J connectivity index is 2.04. The van der Waals surface area contributed by atoms with E-state index in [-0.39, 0.29) is 6.04 Å². The predicted octanol–water partition coefficient (Wildman–Crippen LogP) is 2.95. The number of fused-ring (bicyclic) bond motifs is 1. The molecule has 2 heterocycles. The summed E-state index contributed by atoms with van der Waals surface area (Å²) < 4.78 is 1.96. The molecule has 94 valence electrons. The Labute approximate surface area is 111 Å². The van der Waals surface area contributed by atoms with Crippen LogP contribution in [0.25, 0.3) is 11.4 Å². The highest BCUT2D eigenvalue weighted by Crippen LogP contribution is 2.30. The van der Waals surface area contributed by atoms with Crippen molar-refractivity contribution < 1.29 is 0 Å². The molecule has 2 N–H and O–H groups in total. The van der Waals surface area contributed by atoms with Gasteiger partial charge in [0.15, 0.2) is 5.82 Å². The first-order valence-electron chi connectivity index (χ1n) is 6.13. The lowest BCUT2D eigenvalue weighted by Crippen LogP contribution is -2.25. The fraction of sp³-hybridized carbons (Fsp3) is 0.385. The Morgan fingerprint density at radius 2 is 2.00 bits per heavy atom. The molecule has 1 aromatic carbocycles. The van der Waals surface area contributed by atoms with Gasteiger partial charge < -0.3 is 5.73 Å². The van der Waals surface area contributed by atoms with Crippen LogP contribution in [-0.4, -0.2) is 14.8 Å². The Bertz CT molecular complexity index is 533. The molecule has 2 unspecified atom stereocenters. The lowest BCUT2D eigenvalue weighted by molar-refractivity contribution is 0.350. The number of rotatable bonds is 1. The molecule has 0 bridgehead atoms.